The van der Waals surface area contributed by atoms with Crippen LogP contribution in [-0.4, -0.2) is 15.0 Å². The van der Waals surface area contributed by atoms with E-state index in [2.05, 4.69) is 21.0 Å². The number of nitrogens with two attached hydrogens (primary N) is 1. The molecule has 2 N–H and O–H groups in total. The van der Waals surface area contributed by atoms with Crippen molar-refractivity contribution in [2.75, 3.05) is 0 Å². The van der Waals surface area contributed by atoms with Crippen LogP contribution >= 0.6 is 0 Å². The number of pyridine rings is 1. The highest BCUT2D eigenvalue weighted by molar-refractivity contribution is 5.83. The average molecular weight is 264 g/mol. The van der Waals surface area contributed by atoms with Crippen LogP contribution in [-0.2, 0) is 6.54 Å². The molecule has 1 aromatic carbocycles. The number of nitrogens with zero attached hydrogens (tertiary/aromatic N) is 3. The first-order chi connectivity index (χ1) is 9.69. The SMILES string of the molecule is Cc1nc(-c2ccc3ncccc3c2)nc(C)c1CN. The van der Waals surface area contributed by atoms with Gasteiger partial charge in [0.2, 0.25) is 0 Å². The summed E-state index contributed by atoms with van der Waals surface area (Å²) in [6, 6.07) is 10.0. The Balaban J connectivity index is 2.15. The van der Waals surface area contributed by atoms with Crippen LogP contribution in [0, 0.1) is 13.8 Å². The maximum absolute atomic E-state index is 5.73. The van der Waals surface area contributed by atoms with Crippen LogP contribution in [0.1, 0.15) is 17.0 Å². The predicted molar refractivity (Wildman–Crippen MR) is 80.1 cm³/mol. The molecule has 0 saturated carbocycles. The number of aryl methyl sites for hydroxylation is 2. The Morgan fingerprint density at radius 1 is 1.05 bits per heavy atom. The molecule has 2 heterocycles. The molecule has 3 aromatic rings. The summed E-state index contributed by atoms with van der Waals surface area (Å²) < 4.78 is 0. The van der Waals surface area contributed by atoms with Gasteiger partial charge in [-0.1, -0.05) is 6.07 Å². The van der Waals surface area contributed by atoms with Gasteiger partial charge in [-0.25, -0.2) is 9.97 Å². The minimum absolute atomic E-state index is 0.472. The summed E-state index contributed by atoms with van der Waals surface area (Å²) in [4.78, 5) is 13.5. The molecule has 0 amide bonds. The molecule has 0 spiro atoms. The smallest absolute Gasteiger partial charge is 0.159 e. The Morgan fingerprint density at radius 2 is 1.80 bits per heavy atom. The molecule has 0 fully saturated rings. The fourth-order valence-corrected chi connectivity index (χ4v) is 2.38. The van der Waals surface area contributed by atoms with Gasteiger partial charge in [-0.05, 0) is 38.1 Å². The Morgan fingerprint density at radius 3 is 2.50 bits per heavy atom. The molecule has 2 aromatic heterocycles. The molecular formula is C16H16N4. The summed E-state index contributed by atoms with van der Waals surface area (Å²) in [5.41, 5.74) is 10.6. The van der Waals surface area contributed by atoms with E-state index in [1.165, 1.54) is 0 Å². The molecular weight excluding hydrogens is 248 g/mol. The lowest BCUT2D eigenvalue weighted by atomic mass is 10.1. The van der Waals surface area contributed by atoms with Crippen molar-refractivity contribution in [1.29, 1.82) is 0 Å². The molecule has 0 bridgehead atoms. The highest BCUT2D eigenvalue weighted by atomic mass is 14.9. The van der Waals surface area contributed by atoms with Crippen molar-refractivity contribution in [3.05, 3.63) is 53.5 Å². The Labute approximate surface area is 117 Å². The molecule has 0 aliphatic heterocycles. The number of fused-ring (bicyclic) bond motifs is 1. The molecule has 100 valence electrons. The van der Waals surface area contributed by atoms with Gasteiger partial charge in [0, 0.05) is 40.6 Å². The Kier molecular flexibility index (Phi) is 3.16. The van der Waals surface area contributed by atoms with Crippen molar-refractivity contribution in [3.63, 3.8) is 0 Å². The zero-order chi connectivity index (χ0) is 14.1. The van der Waals surface area contributed by atoms with Gasteiger partial charge in [0.25, 0.3) is 0 Å². The first-order valence-electron chi connectivity index (χ1n) is 6.58. The van der Waals surface area contributed by atoms with Crippen LogP contribution in [0.4, 0.5) is 0 Å². The lowest BCUT2D eigenvalue weighted by molar-refractivity contribution is 0.939. The summed E-state index contributed by atoms with van der Waals surface area (Å²) in [5.74, 6) is 0.739. The van der Waals surface area contributed by atoms with Crippen molar-refractivity contribution in [2.24, 2.45) is 5.73 Å². The first kappa shape index (κ1) is 12.7. The van der Waals surface area contributed by atoms with Gasteiger partial charge in [-0.2, -0.15) is 0 Å². The fraction of sp³-hybridized carbons (Fsp3) is 0.188. The first-order valence-corrected chi connectivity index (χ1v) is 6.58. The second-order valence-electron chi connectivity index (χ2n) is 4.81. The monoisotopic (exact) mass is 264 g/mol. The van der Waals surface area contributed by atoms with Gasteiger partial charge in [0.05, 0.1) is 5.52 Å². The third-order valence-corrected chi connectivity index (χ3v) is 3.49. The number of benzene rings is 1. The highest BCUT2D eigenvalue weighted by Crippen LogP contribution is 2.22. The van der Waals surface area contributed by atoms with Crippen molar-refractivity contribution < 1.29 is 0 Å². The lowest BCUT2D eigenvalue weighted by Gasteiger charge is -2.09. The van der Waals surface area contributed by atoms with E-state index in [0.29, 0.717) is 6.54 Å². The normalized spacial score (nSPS) is 10.9. The van der Waals surface area contributed by atoms with E-state index >= 15 is 0 Å². The molecule has 4 nitrogen and oxygen atoms in total. The Hall–Kier alpha value is -2.33. The van der Waals surface area contributed by atoms with Crippen molar-refractivity contribution in [3.8, 4) is 11.4 Å². The molecule has 0 radical (unpaired) electrons. The van der Waals surface area contributed by atoms with E-state index in [1.807, 2.05) is 38.1 Å². The van der Waals surface area contributed by atoms with E-state index in [0.717, 1.165) is 39.2 Å². The second kappa shape index (κ2) is 4.98. The maximum atomic E-state index is 5.73. The van der Waals surface area contributed by atoms with Gasteiger partial charge in [0.1, 0.15) is 0 Å². The molecule has 4 heteroatoms. The molecule has 0 aliphatic rings. The van der Waals surface area contributed by atoms with Crippen LogP contribution in [0.5, 0.6) is 0 Å². The molecule has 0 saturated heterocycles. The van der Waals surface area contributed by atoms with Gasteiger partial charge < -0.3 is 5.73 Å². The minimum atomic E-state index is 0.472. The molecule has 3 rings (SSSR count). The summed E-state index contributed by atoms with van der Waals surface area (Å²) in [5, 5.41) is 1.09. The highest BCUT2D eigenvalue weighted by Gasteiger charge is 2.09. The van der Waals surface area contributed by atoms with Crippen molar-refractivity contribution in [1.82, 2.24) is 15.0 Å². The minimum Gasteiger partial charge on any atom is -0.326 e. The van der Waals surface area contributed by atoms with E-state index < -0.39 is 0 Å². The van der Waals surface area contributed by atoms with E-state index in [4.69, 9.17) is 5.73 Å². The largest absolute Gasteiger partial charge is 0.326 e. The second-order valence-corrected chi connectivity index (χ2v) is 4.81. The topological polar surface area (TPSA) is 64.7 Å². The van der Waals surface area contributed by atoms with Crippen LogP contribution in [0.3, 0.4) is 0 Å². The quantitative estimate of drug-likeness (QED) is 0.773. The predicted octanol–water partition coefficient (Wildman–Crippen LogP) is 2.77. The number of hydrogen-bond acceptors (Lipinski definition) is 4. The van der Waals surface area contributed by atoms with E-state index in [1.54, 1.807) is 6.20 Å². The number of aromatic nitrogens is 3. The van der Waals surface area contributed by atoms with Gasteiger partial charge in [0.15, 0.2) is 5.82 Å². The average Bonchev–Trinajstić information content (AvgIpc) is 2.46. The maximum Gasteiger partial charge on any atom is 0.159 e. The number of rotatable bonds is 2. The van der Waals surface area contributed by atoms with Crippen LogP contribution in [0.15, 0.2) is 36.5 Å². The van der Waals surface area contributed by atoms with Crippen LogP contribution < -0.4 is 5.73 Å². The molecule has 20 heavy (non-hydrogen) atoms. The van der Waals surface area contributed by atoms with E-state index in [9.17, 15) is 0 Å². The fourth-order valence-electron chi connectivity index (χ4n) is 2.38. The number of hydrogen-bond donors (Lipinski definition) is 1. The summed E-state index contributed by atoms with van der Waals surface area (Å²) >= 11 is 0. The van der Waals surface area contributed by atoms with Crippen molar-refractivity contribution in [2.45, 2.75) is 20.4 Å². The summed E-state index contributed by atoms with van der Waals surface area (Å²) in [6.07, 6.45) is 1.79. The van der Waals surface area contributed by atoms with Gasteiger partial charge >= 0.3 is 0 Å². The summed E-state index contributed by atoms with van der Waals surface area (Å²) in [6.45, 7) is 4.42. The molecule has 0 atom stereocenters. The van der Waals surface area contributed by atoms with Gasteiger partial charge in [-0.15, -0.1) is 0 Å². The lowest BCUT2D eigenvalue weighted by Crippen LogP contribution is -2.07. The third kappa shape index (κ3) is 2.14. The van der Waals surface area contributed by atoms with Crippen LogP contribution in [0.2, 0.25) is 0 Å². The Bertz CT molecular complexity index is 757. The molecule has 0 unspecified atom stereocenters. The van der Waals surface area contributed by atoms with Gasteiger partial charge in [-0.3, -0.25) is 4.98 Å². The summed E-state index contributed by atoms with van der Waals surface area (Å²) in [7, 11) is 0. The van der Waals surface area contributed by atoms with E-state index in [-0.39, 0.29) is 0 Å². The van der Waals surface area contributed by atoms with Crippen LogP contribution in [0.25, 0.3) is 22.3 Å². The zero-order valence-electron chi connectivity index (χ0n) is 11.6. The van der Waals surface area contributed by atoms with Crippen molar-refractivity contribution >= 4 is 10.9 Å². The standard InChI is InChI=1S/C16H16N4/c1-10-14(9-17)11(2)20-16(19-10)13-5-6-15-12(8-13)4-3-7-18-15/h3-8H,9,17H2,1-2H3. The molecule has 0 aliphatic carbocycles. The third-order valence-electron chi connectivity index (χ3n) is 3.49. The zero-order valence-corrected chi connectivity index (χ0v) is 11.6.